The Balaban J connectivity index is 1.52. The molecule has 0 spiro atoms. The first-order chi connectivity index (χ1) is 13.5. The van der Waals surface area contributed by atoms with Gasteiger partial charge in [0.15, 0.2) is 5.82 Å². The number of tetrazole rings is 1. The van der Waals surface area contributed by atoms with Gasteiger partial charge in [0.2, 0.25) is 0 Å². The van der Waals surface area contributed by atoms with Gasteiger partial charge in [-0.1, -0.05) is 23.7 Å². The Labute approximate surface area is 165 Å². The number of nitrogens with one attached hydrogen (secondary N) is 2. The van der Waals surface area contributed by atoms with Gasteiger partial charge >= 0.3 is 6.03 Å². The third-order valence-corrected chi connectivity index (χ3v) is 5.27. The van der Waals surface area contributed by atoms with E-state index in [-0.39, 0.29) is 11.7 Å². The monoisotopic (exact) mass is 400 g/mol. The van der Waals surface area contributed by atoms with E-state index in [1.807, 2.05) is 24.3 Å². The van der Waals surface area contributed by atoms with Crippen molar-refractivity contribution >= 4 is 23.3 Å². The van der Waals surface area contributed by atoms with Crippen LogP contribution in [0.4, 0.5) is 14.9 Å². The van der Waals surface area contributed by atoms with Gasteiger partial charge in [-0.15, -0.1) is 5.10 Å². The predicted molar refractivity (Wildman–Crippen MR) is 103 cm³/mol. The zero-order chi connectivity index (χ0) is 19.7. The number of amides is 2. The number of carbonyl (C=O) groups is 1. The number of anilines is 1. The van der Waals surface area contributed by atoms with Crippen LogP contribution in [0.15, 0.2) is 42.5 Å². The van der Waals surface area contributed by atoms with E-state index in [4.69, 9.17) is 11.6 Å². The average Bonchev–Trinajstić information content (AvgIpc) is 3.06. The topological polar surface area (TPSA) is 84.7 Å². The molecule has 0 atom stereocenters. The number of carbonyl (C=O) groups excluding carboxylic acids is 1. The number of benzene rings is 2. The standard InChI is InChI=1S/C19H18ClFN6O/c1-12-24-25-26-27(12)17-11-15(7-8-16(17)21)22-18(28)23-19(9-2-10-19)13-3-5-14(20)6-4-13/h3-8,11H,2,9-10H2,1H3,(H2,22,23,28). The Kier molecular flexibility index (Phi) is 4.72. The molecule has 1 saturated carbocycles. The normalized spacial score (nSPS) is 15.0. The summed E-state index contributed by atoms with van der Waals surface area (Å²) in [5.41, 5.74) is 1.21. The van der Waals surface area contributed by atoms with Gasteiger partial charge in [0.1, 0.15) is 11.5 Å². The van der Waals surface area contributed by atoms with Gasteiger partial charge in [0, 0.05) is 10.7 Å². The second-order valence-corrected chi connectivity index (χ2v) is 7.26. The van der Waals surface area contributed by atoms with Crippen molar-refractivity contribution in [1.29, 1.82) is 0 Å². The van der Waals surface area contributed by atoms with E-state index in [9.17, 15) is 9.18 Å². The van der Waals surface area contributed by atoms with Crippen molar-refractivity contribution in [2.24, 2.45) is 0 Å². The maximum absolute atomic E-state index is 14.2. The fraction of sp³-hybridized carbons (Fsp3) is 0.263. The van der Waals surface area contributed by atoms with Gasteiger partial charge in [-0.3, -0.25) is 0 Å². The summed E-state index contributed by atoms with van der Waals surface area (Å²) in [6.45, 7) is 1.67. The molecule has 0 aliphatic heterocycles. The smallest absolute Gasteiger partial charge is 0.319 e. The fourth-order valence-corrected chi connectivity index (χ4v) is 3.50. The van der Waals surface area contributed by atoms with E-state index in [0.717, 1.165) is 24.8 Å². The predicted octanol–water partition coefficient (Wildman–Crippen LogP) is 3.96. The molecule has 2 amide bonds. The maximum atomic E-state index is 14.2. The van der Waals surface area contributed by atoms with E-state index >= 15 is 0 Å². The number of hydrogen-bond donors (Lipinski definition) is 2. The zero-order valence-corrected chi connectivity index (χ0v) is 15.9. The van der Waals surface area contributed by atoms with Gasteiger partial charge in [0.25, 0.3) is 0 Å². The Morgan fingerprint density at radius 3 is 2.57 bits per heavy atom. The molecule has 2 aromatic carbocycles. The number of hydrogen-bond acceptors (Lipinski definition) is 4. The lowest BCUT2D eigenvalue weighted by atomic mass is 9.72. The molecule has 3 aromatic rings. The van der Waals surface area contributed by atoms with Crippen molar-refractivity contribution in [3.8, 4) is 5.69 Å². The minimum Gasteiger partial charge on any atom is -0.328 e. The second-order valence-electron chi connectivity index (χ2n) is 6.83. The van der Waals surface area contributed by atoms with E-state index in [1.54, 1.807) is 6.92 Å². The molecule has 28 heavy (non-hydrogen) atoms. The molecule has 4 rings (SSSR count). The van der Waals surface area contributed by atoms with Gasteiger partial charge in [0.05, 0.1) is 5.54 Å². The molecule has 1 fully saturated rings. The van der Waals surface area contributed by atoms with E-state index in [0.29, 0.717) is 16.5 Å². The minimum atomic E-state index is -0.488. The zero-order valence-electron chi connectivity index (χ0n) is 15.1. The summed E-state index contributed by atoms with van der Waals surface area (Å²) in [4.78, 5) is 12.6. The van der Waals surface area contributed by atoms with E-state index in [1.165, 1.54) is 22.9 Å². The van der Waals surface area contributed by atoms with E-state index in [2.05, 4.69) is 26.2 Å². The maximum Gasteiger partial charge on any atom is 0.319 e. The Morgan fingerprint density at radius 1 is 1.21 bits per heavy atom. The van der Waals surface area contributed by atoms with Crippen LogP contribution in [0.1, 0.15) is 30.7 Å². The lowest BCUT2D eigenvalue weighted by Crippen LogP contribution is -2.52. The summed E-state index contributed by atoms with van der Waals surface area (Å²) < 4.78 is 15.5. The number of aryl methyl sites for hydroxylation is 1. The number of rotatable bonds is 4. The number of urea groups is 1. The van der Waals surface area contributed by atoms with Crippen LogP contribution >= 0.6 is 11.6 Å². The van der Waals surface area contributed by atoms with Crippen LogP contribution in [-0.4, -0.2) is 26.2 Å². The molecule has 0 bridgehead atoms. The Bertz CT molecular complexity index is 1020. The lowest BCUT2D eigenvalue weighted by Gasteiger charge is -2.43. The summed E-state index contributed by atoms with van der Waals surface area (Å²) in [7, 11) is 0. The minimum absolute atomic E-state index is 0.163. The summed E-state index contributed by atoms with van der Waals surface area (Å²) in [5, 5.41) is 17.5. The molecular weight excluding hydrogens is 383 g/mol. The highest BCUT2D eigenvalue weighted by Crippen LogP contribution is 2.41. The summed E-state index contributed by atoms with van der Waals surface area (Å²) in [6, 6.07) is 11.4. The summed E-state index contributed by atoms with van der Waals surface area (Å²) >= 11 is 5.97. The van der Waals surface area contributed by atoms with Crippen LogP contribution in [0.3, 0.4) is 0 Å². The van der Waals surface area contributed by atoms with Crippen LogP contribution in [0.5, 0.6) is 0 Å². The van der Waals surface area contributed by atoms with Crippen LogP contribution < -0.4 is 10.6 Å². The molecule has 1 aliphatic carbocycles. The highest BCUT2D eigenvalue weighted by molar-refractivity contribution is 6.30. The first-order valence-corrected chi connectivity index (χ1v) is 9.25. The van der Waals surface area contributed by atoms with Gasteiger partial charge in [-0.25, -0.2) is 9.18 Å². The van der Waals surface area contributed by atoms with E-state index < -0.39 is 11.4 Å². The molecule has 144 valence electrons. The lowest BCUT2D eigenvalue weighted by molar-refractivity contribution is 0.185. The van der Waals surface area contributed by atoms with Crippen molar-refractivity contribution < 1.29 is 9.18 Å². The SMILES string of the molecule is Cc1nnnn1-c1cc(NC(=O)NC2(c3ccc(Cl)cc3)CCC2)ccc1F. The van der Waals surface area contributed by atoms with Crippen LogP contribution in [0.2, 0.25) is 5.02 Å². The highest BCUT2D eigenvalue weighted by atomic mass is 35.5. The molecule has 1 aromatic heterocycles. The highest BCUT2D eigenvalue weighted by Gasteiger charge is 2.40. The third kappa shape index (κ3) is 3.43. The molecule has 0 saturated heterocycles. The van der Waals surface area contributed by atoms with Crippen molar-refractivity contribution in [3.05, 3.63) is 64.7 Å². The average molecular weight is 401 g/mol. The Morgan fingerprint density at radius 2 is 1.96 bits per heavy atom. The molecular formula is C19H18ClFN6O. The molecule has 0 unspecified atom stereocenters. The number of aromatic nitrogens is 4. The quantitative estimate of drug-likeness (QED) is 0.694. The first kappa shape index (κ1) is 18.4. The van der Waals surface area contributed by atoms with Crippen molar-refractivity contribution in [2.75, 3.05) is 5.32 Å². The van der Waals surface area contributed by atoms with Crippen molar-refractivity contribution in [3.63, 3.8) is 0 Å². The largest absolute Gasteiger partial charge is 0.328 e. The fourth-order valence-electron chi connectivity index (χ4n) is 3.37. The second kappa shape index (κ2) is 7.20. The molecule has 9 heteroatoms. The van der Waals surface area contributed by atoms with Crippen LogP contribution in [-0.2, 0) is 5.54 Å². The summed E-state index contributed by atoms with van der Waals surface area (Å²) in [5.74, 6) is -0.0466. The summed E-state index contributed by atoms with van der Waals surface area (Å²) in [6.07, 6.45) is 2.73. The molecule has 7 nitrogen and oxygen atoms in total. The van der Waals surface area contributed by atoms with Crippen molar-refractivity contribution in [2.45, 2.75) is 31.7 Å². The van der Waals surface area contributed by atoms with Crippen LogP contribution in [0, 0.1) is 12.7 Å². The van der Waals surface area contributed by atoms with Gasteiger partial charge in [-0.05, 0) is 72.5 Å². The third-order valence-electron chi connectivity index (χ3n) is 5.01. The molecule has 0 radical (unpaired) electrons. The Hall–Kier alpha value is -3.00. The van der Waals surface area contributed by atoms with Crippen LogP contribution in [0.25, 0.3) is 5.69 Å². The van der Waals surface area contributed by atoms with Crippen molar-refractivity contribution in [1.82, 2.24) is 25.5 Å². The first-order valence-electron chi connectivity index (χ1n) is 8.87. The van der Waals surface area contributed by atoms with Gasteiger partial charge < -0.3 is 10.6 Å². The number of halogens is 2. The van der Waals surface area contributed by atoms with Gasteiger partial charge in [-0.2, -0.15) is 4.68 Å². The molecule has 1 heterocycles. The molecule has 1 aliphatic rings. The molecule has 2 N–H and O–H groups in total. The number of nitrogens with zero attached hydrogens (tertiary/aromatic N) is 4.